The van der Waals surface area contributed by atoms with Crippen LogP contribution in [0.15, 0.2) is 47.3 Å². The van der Waals surface area contributed by atoms with E-state index in [0.29, 0.717) is 5.56 Å². The average Bonchev–Trinajstić information content (AvgIpc) is 2.28. The summed E-state index contributed by atoms with van der Waals surface area (Å²) in [7, 11) is 0. The molecule has 4 heteroatoms. The normalized spacial score (nSPS) is 10.1. The molecule has 0 saturated carbocycles. The van der Waals surface area contributed by atoms with Gasteiger partial charge in [-0.2, -0.15) is 0 Å². The van der Waals surface area contributed by atoms with E-state index in [9.17, 15) is 9.59 Å². The molecule has 1 aromatic heterocycles. The monoisotopic (exact) mass is 233 g/mol. The number of nitrogens with one attached hydrogen (secondary N) is 1. The third-order valence-corrected chi connectivity index (χ3v) is 2.29. The van der Waals surface area contributed by atoms with Gasteiger partial charge in [0, 0.05) is 17.7 Å². The summed E-state index contributed by atoms with van der Waals surface area (Å²) >= 11 is 5.67. The molecule has 1 aromatic carbocycles. The van der Waals surface area contributed by atoms with E-state index < -0.39 is 0 Å². The number of pyridine rings is 1. The minimum absolute atomic E-state index is 0.159. The molecule has 0 aliphatic rings. The minimum Gasteiger partial charge on any atom is -0.343 e. The fourth-order valence-corrected chi connectivity index (χ4v) is 1.59. The van der Waals surface area contributed by atoms with Crippen molar-refractivity contribution in [3.63, 3.8) is 0 Å². The van der Waals surface area contributed by atoms with Crippen molar-refractivity contribution in [1.82, 2.24) is 4.98 Å². The molecule has 0 fully saturated rings. The number of rotatable bonds is 2. The maximum Gasteiger partial charge on any atom is 0.209 e. The summed E-state index contributed by atoms with van der Waals surface area (Å²) in [5.41, 5.74) is 0.423. The van der Waals surface area contributed by atoms with E-state index >= 15 is 0 Å². The molecule has 0 amide bonds. The van der Waals surface area contributed by atoms with Gasteiger partial charge in [-0.05, 0) is 0 Å². The Bertz CT molecular complexity index is 575. The summed E-state index contributed by atoms with van der Waals surface area (Å²) in [5.74, 6) is -0.250. The number of carbonyl (C=O) groups excluding carboxylic acids is 1. The van der Waals surface area contributed by atoms with Gasteiger partial charge in [0.25, 0.3) is 0 Å². The average molecular weight is 234 g/mol. The number of halogens is 1. The third kappa shape index (κ3) is 2.20. The molecular formula is C12H8ClNO2. The lowest BCUT2D eigenvalue weighted by molar-refractivity contribution is 0.103. The van der Waals surface area contributed by atoms with Gasteiger partial charge in [0.15, 0.2) is 5.43 Å². The largest absolute Gasteiger partial charge is 0.343 e. The van der Waals surface area contributed by atoms with E-state index in [1.807, 2.05) is 6.07 Å². The molecule has 0 spiro atoms. The molecule has 0 atom stereocenters. The highest BCUT2D eigenvalue weighted by molar-refractivity contribution is 6.29. The van der Waals surface area contributed by atoms with E-state index in [0.717, 1.165) is 0 Å². The van der Waals surface area contributed by atoms with E-state index in [1.54, 1.807) is 24.3 Å². The number of hydrogen-bond acceptors (Lipinski definition) is 2. The van der Waals surface area contributed by atoms with Crippen molar-refractivity contribution in [3.05, 3.63) is 69.1 Å². The second kappa shape index (κ2) is 4.33. The summed E-state index contributed by atoms with van der Waals surface area (Å²) in [6, 6.07) is 11.2. The maximum atomic E-state index is 11.9. The molecule has 16 heavy (non-hydrogen) atoms. The molecule has 0 saturated heterocycles. The Hall–Kier alpha value is -1.87. The van der Waals surface area contributed by atoms with Crippen LogP contribution in [0.25, 0.3) is 0 Å². The summed E-state index contributed by atoms with van der Waals surface area (Å²) < 4.78 is 0. The molecule has 2 aromatic rings. The molecule has 1 heterocycles. The van der Waals surface area contributed by atoms with Gasteiger partial charge in [0.2, 0.25) is 5.78 Å². The lowest BCUT2D eigenvalue weighted by Crippen LogP contribution is -2.09. The second-order valence-corrected chi connectivity index (χ2v) is 3.68. The number of aromatic nitrogens is 1. The number of hydrogen-bond donors (Lipinski definition) is 1. The van der Waals surface area contributed by atoms with Crippen molar-refractivity contribution < 1.29 is 4.79 Å². The Morgan fingerprint density at radius 1 is 1.12 bits per heavy atom. The fourth-order valence-electron chi connectivity index (χ4n) is 1.38. The van der Waals surface area contributed by atoms with Gasteiger partial charge < -0.3 is 4.98 Å². The maximum absolute atomic E-state index is 11.9. The molecule has 0 radical (unpaired) electrons. The summed E-state index contributed by atoms with van der Waals surface area (Å²) in [6.45, 7) is 0. The van der Waals surface area contributed by atoms with Crippen molar-refractivity contribution >= 4 is 17.4 Å². The molecule has 1 N–H and O–H groups in total. The predicted molar refractivity (Wildman–Crippen MR) is 61.9 cm³/mol. The van der Waals surface area contributed by atoms with Crippen LogP contribution in [0, 0.1) is 0 Å². The lowest BCUT2D eigenvalue weighted by atomic mass is 10.1. The first-order valence-corrected chi connectivity index (χ1v) is 5.04. The first-order chi connectivity index (χ1) is 7.66. The second-order valence-electron chi connectivity index (χ2n) is 3.27. The van der Waals surface area contributed by atoms with Crippen molar-refractivity contribution in [2.75, 3.05) is 0 Å². The quantitative estimate of drug-likeness (QED) is 0.639. The van der Waals surface area contributed by atoms with Crippen LogP contribution in [0.2, 0.25) is 5.15 Å². The van der Waals surface area contributed by atoms with Crippen LogP contribution in [-0.4, -0.2) is 10.8 Å². The number of H-pyrrole nitrogens is 1. The van der Waals surface area contributed by atoms with Crippen LogP contribution in [0.4, 0.5) is 0 Å². The predicted octanol–water partition coefficient (Wildman–Crippen LogP) is 2.26. The zero-order valence-corrected chi connectivity index (χ0v) is 8.99. The van der Waals surface area contributed by atoms with Crippen LogP contribution in [0.3, 0.4) is 0 Å². The molecule has 0 unspecified atom stereocenters. The molecule has 3 nitrogen and oxygen atoms in total. The molecular weight excluding hydrogens is 226 g/mol. The zero-order chi connectivity index (χ0) is 11.5. The molecule has 0 aliphatic carbocycles. The fraction of sp³-hybridized carbons (Fsp3) is 0. The van der Waals surface area contributed by atoms with Crippen molar-refractivity contribution in [3.8, 4) is 0 Å². The molecule has 80 valence electrons. The highest BCUT2D eigenvalue weighted by atomic mass is 35.5. The highest BCUT2D eigenvalue weighted by Crippen LogP contribution is 2.08. The number of carbonyl (C=O) groups is 1. The van der Waals surface area contributed by atoms with E-state index in [4.69, 9.17) is 11.6 Å². The van der Waals surface area contributed by atoms with Crippen molar-refractivity contribution in [2.45, 2.75) is 0 Å². The number of ketones is 1. The van der Waals surface area contributed by atoms with Gasteiger partial charge in [-0.25, -0.2) is 0 Å². The molecule has 0 bridgehead atoms. The number of aromatic amines is 1. The molecule has 2 rings (SSSR count). The van der Waals surface area contributed by atoms with Crippen molar-refractivity contribution in [1.29, 1.82) is 0 Å². The van der Waals surface area contributed by atoms with E-state index in [1.165, 1.54) is 12.1 Å². The van der Waals surface area contributed by atoms with Gasteiger partial charge in [-0.1, -0.05) is 41.9 Å². The van der Waals surface area contributed by atoms with Crippen LogP contribution < -0.4 is 5.43 Å². The third-order valence-electron chi connectivity index (χ3n) is 2.09. The zero-order valence-electron chi connectivity index (χ0n) is 8.24. The van der Waals surface area contributed by atoms with Crippen LogP contribution in [-0.2, 0) is 0 Å². The van der Waals surface area contributed by atoms with Gasteiger partial charge in [0.05, 0.1) is 5.69 Å². The van der Waals surface area contributed by atoms with Gasteiger partial charge in [-0.3, -0.25) is 9.59 Å². The van der Waals surface area contributed by atoms with Crippen LogP contribution in [0.1, 0.15) is 16.1 Å². The Kier molecular flexibility index (Phi) is 2.88. The first kappa shape index (κ1) is 10.6. The highest BCUT2D eigenvalue weighted by Gasteiger charge is 2.10. The number of benzene rings is 1. The van der Waals surface area contributed by atoms with Crippen LogP contribution >= 0.6 is 11.6 Å². The Morgan fingerprint density at radius 2 is 1.81 bits per heavy atom. The topological polar surface area (TPSA) is 49.9 Å². The lowest BCUT2D eigenvalue weighted by Gasteiger charge is -2.01. The Morgan fingerprint density at radius 3 is 2.44 bits per heavy atom. The van der Waals surface area contributed by atoms with Gasteiger partial charge >= 0.3 is 0 Å². The summed E-state index contributed by atoms with van der Waals surface area (Å²) in [5, 5.41) is 0.159. The van der Waals surface area contributed by atoms with Crippen LogP contribution in [0.5, 0.6) is 0 Å². The van der Waals surface area contributed by atoms with Crippen molar-refractivity contribution in [2.24, 2.45) is 0 Å². The van der Waals surface area contributed by atoms with E-state index in [-0.39, 0.29) is 22.1 Å². The SMILES string of the molecule is O=C(c1ccccc1)c1cc(=O)cc(Cl)[nH]1. The first-order valence-electron chi connectivity index (χ1n) is 4.66. The smallest absolute Gasteiger partial charge is 0.209 e. The Balaban J connectivity index is 2.46. The Labute approximate surface area is 96.7 Å². The summed E-state index contributed by atoms with van der Waals surface area (Å²) in [6.07, 6.45) is 0. The van der Waals surface area contributed by atoms with E-state index in [2.05, 4.69) is 4.98 Å². The standard InChI is InChI=1S/C12H8ClNO2/c13-11-7-9(15)6-10(14-11)12(16)8-4-2-1-3-5-8/h1-7H,(H,14,15). The van der Waals surface area contributed by atoms with Gasteiger partial charge in [0.1, 0.15) is 5.15 Å². The summed E-state index contributed by atoms with van der Waals surface area (Å²) in [4.78, 5) is 25.8. The van der Waals surface area contributed by atoms with Gasteiger partial charge in [-0.15, -0.1) is 0 Å². The molecule has 0 aliphatic heterocycles. The minimum atomic E-state index is -0.289.